The fourth-order valence-electron chi connectivity index (χ4n) is 3.18. The van der Waals surface area contributed by atoms with Crippen molar-refractivity contribution in [3.8, 4) is 0 Å². The number of esters is 1. The Morgan fingerprint density at radius 3 is 2.56 bits per heavy atom. The third kappa shape index (κ3) is 3.30. The molecule has 7 nitrogen and oxygen atoms in total. The van der Waals surface area contributed by atoms with Crippen molar-refractivity contribution in [1.29, 1.82) is 0 Å². The molecule has 1 saturated heterocycles. The number of carbonyl (C=O) groups excluding carboxylic acids is 1. The van der Waals surface area contributed by atoms with Gasteiger partial charge in [0.1, 0.15) is 21.3 Å². The van der Waals surface area contributed by atoms with Crippen molar-refractivity contribution in [2.75, 3.05) is 24.6 Å². The molecule has 134 valence electrons. The number of carbonyl (C=O) groups is 2. The second kappa shape index (κ2) is 6.95. The van der Waals surface area contributed by atoms with Gasteiger partial charge in [-0.25, -0.2) is 14.8 Å². The van der Waals surface area contributed by atoms with E-state index in [0.29, 0.717) is 43.2 Å². The van der Waals surface area contributed by atoms with Gasteiger partial charge in [0.25, 0.3) is 0 Å². The fraction of sp³-hybridized carbons (Fsp3) is 0.529. The molecule has 0 amide bonds. The van der Waals surface area contributed by atoms with Crippen molar-refractivity contribution < 1.29 is 19.4 Å². The first kappa shape index (κ1) is 17.6. The molecule has 1 fully saturated rings. The van der Waals surface area contributed by atoms with Crippen LogP contribution in [0.25, 0.3) is 10.2 Å². The number of carboxylic acid groups (broad SMARTS) is 1. The second-order valence-corrected chi connectivity index (χ2v) is 7.15. The van der Waals surface area contributed by atoms with Crippen LogP contribution in [0, 0.1) is 19.8 Å². The lowest BCUT2D eigenvalue weighted by molar-refractivity contribution is -0.142. The highest BCUT2D eigenvalue weighted by Crippen LogP contribution is 2.37. The highest BCUT2D eigenvalue weighted by molar-refractivity contribution is 7.20. The summed E-state index contributed by atoms with van der Waals surface area (Å²) in [4.78, 5) is 35.8. The molecule has 1 aliphatic rings. The van der Waals surface area contributed by atoms with Crippen molar-refractivity contribution >= 4 is 39.3 Å². The number of fused-ring (bicyclic) bond motifs is 1. The number of hydrogen-bond acceptors (Lipinski definition) is 7. The summed E-state index contributed by atoms with van der Waals surface area (Å²) in [6.07, 6.45) is 1.18. The number of aliphatic carboxylic acids is 1. The Hall–Kier alpha value is -2.22. The van der Waals surface area contributed by atoms with E-state index in [4.69, 9.17) is 4.74 Å². The molecule has 0 saturated carbocycles. The van der Waals surface area contributed by atoms with Gasteiger partial charge in [0.2, 0.25) is 0 Å². The number of anilines is 1. The van der Waals surface area contributed by atoms with Crippen LogP contribution in [0.3, 0.4) is 0 Å². The van der Waals surface area contributed by atoms with Gasteiger partial charge in [-0.3, -0.25) is 4.79 Å². The summed E-state index contributed by atoms with van der Waals surface area (Å²) in [6, 6.07) is 0. The van der Waals surface area contributed by atoms with Gasteiger partial charge in [-0.1, -0.05) is 0 Å². The monoisotopic (exact) mass is 363 g/mol. The number of aryl methyl sites for hydroxylation is 2. The first-order chi connectivity index (χ1) is 11.9. The predicted molar refractivity (Wildman–Crippen MR) is 95.4 cm³/mol. The van der Waals surface area contributed by atoms with E-state index in [-0.39, 0.29) is 11.9 Å². The first-order valence-corrected chi connectivity index (χ1v) is 9.16. The Bertz CT molecular complexity index is 825. The lowest BCUT2D eigenvalue weighted by Crippen LogP contribution is -2.37. The highest BCUT2D eigenvalue weighted by Gasteiger charge is 2.28. The summed E-state index contributed by atoms with van der Waals surface area (Å²) >= 11 is 1.32. The number of piperidine rings is 1. The van der Waals surface area contributed by atoms with Crippen molar-refractivity contribution in [2.24, 2.45) is 5.92 Å². The van der Waals surface area contributed by atoms with Gasteiger partial charge in [-0.05, 0) is 39.2 Å². The normalized spacial score (nSPS) is 15.6. The Labute approximate surface area is 149 Å². The van der Waals surface area contributed by atoms with E-state index >= 15 is 0 Å². The maximum atomic E-state index is 12.2. The van der Waals surface area contributed by atoms with Gasteiger partial charge in [-0.2, -0.15) is 0 Å². The summed E-state index contributed by atoms with van der Waals surface area (Å²) in [5, 5.41) is 10.0. The third-order valence-electron chi connectivity index (χ3n) is 4.49. The van der Waals surface area contributed by atoms with Crippen LogP contribution in [-0.2, 0) is 9.53 Å². The van der Waals surface area contributed by atoms with E-state index in [0.717, 1.165) is 21.6 Å². The van der Waals surface area contributed by atoms with Crippen LogP contribution < -0.4 is 4.90 Å². The molecule has 0 aliphatic carbocycles. The summed E-state index contributed by atoms with van der Waals surface area (Å²) in [6.45, 7) is 7.08. The molecule has 25 heavy (non-hydrogen) atoms. The van der Waals surface area contributed by atoms with Gasteiger partial charge < -0.3 is 14.7 Å². The molecular weight excluding hydrogens is 342 g/mol. The molecule has 0 spiro atoms. The summed E-state index contributed by atoms with van der Waals surface area (Å²) in [7, 11) is 0. The Morgan fingerprint density at radius 2 is 1.96 bits per heavy atom. The molecule has 3 rings (SSSR count). The fourth-order valence-corrected chi connectivity index (χ4v) is 4.29. The number of rotatable bonds is 4. The zero-order chi connectivity index (χ0) is 18.1. The SMILES string of the molecule is CCOC(=O)c1sc2nc(C)nc(N3CCC(C(=O)O)CC3)c2c1C. The van der Waals surface area contributed by atoms with Crippen LogP contribution in [0.2, 0.25) is 0 Å². The third-order valence-corrected chi connectivity index (χ3v) is 5.65. The molecule has 3 heterocycles. The maximum Gasteiger partial charge on any atom is 0.348 e. The molecular formula is C17H21N3O4S. The van der Waals surface area contributed by atoms with E-state index in [1.54, 1.807) is 6.92 Å². The average molecular weight is 363 g/mol. The van der Waals surface area contributed by atoms with E-state index < -0.39 is 5.97 Å². The van der Waals surface area contributed by atoms with Crippen LogP contribution in [0.4, 0.5) is 5.82 Å². The van der Waals surface area contributed by atoms with Gasteiger partial charge in [0.05, 0.1) is 17.9 Å². The van der Waals surface area contributed by atoms with E-state index in [1.807, 2.05) is 13.8 Å². The van der Waals surface area contributed by atoms with E-state index in [9.17, 15) is 14.7 Å². The molecule has 0 atom stereocenters. The molecule has 1 aliphatic heterocycles. The number of aromatic nitrogens is 2. The number of hydrogen-bond donors (Lipinski definition) is 1. The number of ether oxygens (including phenoxy) is 1. The van der Waals surface area contributed by atoms with Crippen molar-refractivity contribution in [3.05, 3.63) is 16.3 Å². The van der Waals surface area contributed by atoms with Gasteiger partial charge >= 0.3 is 11.9 Å². The van der Waals surface area contributed by atoms with Crippen molar-refractivity contribution in [2.45, 2.75) is 33.6 Å². The van der Waals surface area contributed by atoms with E-state index in [2.05, 4.69) is 14.9 Å². The van der Waals surface area contributed by atoms with Crippen molar-refractivity contribution in [3.63, 3.8) is 0 Å². The average Bonchev–Trinajstić information content (AvgIpc) is 2.91. The zero-order valence-corrected chi connectivity index (χ0v) is 15.4. The largest absolute Gasteiger partial charge is 0.481 e. The van der Waals surface area contributed by atoms with Crippen LogP contribution in [0.1, 0.15) is 40.8 Å². The Kier molecular flexibility index (Phi) is 4.89. The molecule has 0 aromatic carbocycles. The second-order valence-electron chi connectivity index (χ2n) is 6.15. The first-order valence-electron chi connectivity index (χ1n) is 8.35. The lowest BCUT2D eigenvalue weighted by Gasteiger charge is -2.31. The van der Waals surface area contributed by atoms with Gasteiger partial charge in [0, 0.05) is 13.1 Å². The van der Waals surface area contributed by atoms with Crippen molar-refractivity contribution in [1.82, 2.24) is 9.97 Å². The molecule has 2 aromatic heterocycles. The molecule has 8 heteroatoms. The van der Waals surface area contributed by atoms with Crippen LogP contribution in [0.5, 0.6) is 0 Å². The summed E-state index contributed by atoms with van der Waals surface area (Å²) in [5.74, 6) is 0.0552. The zero-order valence-electron chi connectivity index (χ0n) is 14.5. The number of nitrogens with zero attached hydrogens (tertiary/aromatic N) is 3. The van der Waals surface area contributed by atoms with Crippen LogP contribution in [0.15, 0.2) is 0 Å². The minimum absolute atomic E-state index is 0.298. The topological polar surface area (TPSA) is 92.6 Å². The predicted octanol–water partition coefficient (Wildman–Crippen LogP) is 2.79. The molecule has 0 unspecified atom stereocenters. The standard InChI is InChI=1S/C17H21N3O4S/c1-4-24-17(23)13-9(2)12-14(18-10(3)19-15(12)25-13)20-7-5-11(6-8-20)16(21)22/h11H,4-8H2,1-3H3,(H,21,22). The summed E-state index contributed by atoms with van der Waals surface area (Å²) < 4.78 is 5.14. The van der Waals surface area contributed by atoms with Crippen LogP contribution >= 0.6 is 11.3 Å². The minimum Gasteiger partial charge on any atom is -0.481 e. The van der Waals surface area contributed by atoms with E-state index in [1.165, 1.54) is 11.3 Å². The number of thiophene rings is 1. The molecule has 1 N–H and O–H groups in total. The maximum absolute atomic E-state index is 12.2. The molecule has 2 aromatic rings. The smallest absolute Gasteiger partial charge is 0.348 e. The quantitative estimate of drug-likeness (QED) is 0.835. The molecule has 0 radical (unpaired) electrons. The Balaban J connectivity index is 2.01. The highest BCUT2D eigenvalue weighted by atomic mass is 32.1. The lowest BCUT2D eigenvalue weighted by atomic mass is 9.97. The number of carboxylic acids is 1. The van der Waals surface area contributed by atoms with Gasteiger partial charge in [-0.15, -0.1) is 11.3 Å². The summed E-state index contributed by atoms with van der Waals surface area (Å²) in [5.41, 5.74) is 0.828. The Morgan fingerprint density at radius 1 is 1.28 bits per heavy atom. The van der Waals surface area contributed by atoms with Gasteiger partial charge in [0.15, 0.2) is 0 Å². The minimum atomic E-state index is -0.736. The van der Waals surface area contributed by atoms with Crippen LogP contribution in [-0.4, -0.2) is 46.7 Å². The molecule has 0 bridgehead atoms.